The van der Waals surface area contributed by atoms with Crippen molar-refractivity contribution in [2.45, 2.75) is 18.2 Å². The molecule has 0 aliphatic carbocycles. The zero-order valence-electron chi connectivity index (χ0n) is 9.73. The summed E-state index contributed by atoms with van der Waals surface area (Å²) in [5, 5.41) is 9.59. The highest BCUT2D eigenvalue weighted by molar-refractivity contribution is 7.89. The maximum absolute atomic E-state index is 13.4. The van der Waals surface area contributed by atoms with E-state index in [0.717, 1.165) is 24.6 Å². The highest BCUT2D eigenvalue weighted by Crippen LogP contribution is 2.18. The third-order valence-electron chi connectivity index (χ3n) is 2.05. The Kier molecular flexibility index (Phi) is 4.62. The van der Waals surface area contributed by atoms with Crippen molar-refractivity contribution in [3.8, 4) is 0 Å². The highest BCUT2D eigenvalue weighted by Gasteiger charge is 2.13. The van der Waals surface area contributed by atoms with E-state index in [1.165, 1.54) is 0 Å². The fourth-order valence-corrected chi connectivity index (χ4v) is 1.72. The Morgan fingerprint density at radius 3 is 2.67 bits per heavy atom. The molecule has 0 radical (unpaired) electrons. The van der Waals surface area contributed by atoms with E-state index in [1.54, 1.807) is 0 Å². The first-order valence-electron chi connectivity index (χ1n) is 5.21. The van der Waals surface area contributed by atoms with Crippen LogP contribution in [0.2, 0.25) is 0 Å². The zero-order chi connectivity index (χ0) is 13.8. The number of nitrogens with one attached hydrogen (secondary N) is 2. The summed E-state index contributed by atoms with van der Waals surface area (Å²) in [7, 11) is -3.93. The van der Waals surface area contributed by atoms with Crippen LogP contribution < -0.4 is 15.8 Å². The van der Waals surface area contributed by atoms with E-state index < -0.39 is 21.9 Å². The second-order valence-electron chi connectivity index (χ2n) is 3.57. The van der Waals surface area contributed by atoms with Gasteiger partial charge in [0.1, 0.15) is 5.82 Å². The van der Waals surface area contributed by atoms with Crippen LogP contribution in [0, 0.1) is 5.82 Å². The van der Waals surface area contributed by atoms with Gasteiger partial charge in [-0.25, -0.2) is 22.7 Å². The van der Waals surface area contributed by atoms with E-state index in [-0.39, 0.29) is 10.6 Å². The van der Waals surface area contributed by atoms with Crippen molar-refractivity contribution in [1.82, 2.24) is 5.32 Å². The molecule has 100 valence electrons. The van der Waals surface area contributed by atoms with Gasteiger partial charge in [-0.05, 0) is 24.6 Å². The lowest BCUT2D eigenvalue weighted by Crippen LogP contribution is -2.29. The van der Waals surface area contributed by atoms with Crippen LogP contribution in [-0.2, 0) is 10.0 Å². The van der Waals surface area contributed by atoms with Crippen molar-refractivity contribution in [2.75, 3.05) is 11.9 Å². The number of benzene rings is 1. The quantitative estimate of drug-likeness (QED) is 0.764. The van der Waals surface area contributed by atoms with Crippen LogP contribution in [-0.4, -0.2) is 21.0 Å². The molecule has 8 heteroatoms. The second-order valence-corrected chi connectivity index (χ2v) is 5.13. The van der Waals surface area contributed by atoms with Gasteiger partial charge < -0.3 is 10.6 Å². The molecule has 0 saturated carbocycles. The first-order chi connectivity index (χ1) is 8.34. The SMILES string of the molecule is CCCNC(=O)Nc1cc(S(N)(=O)=O)ccc1F. The molecule has 18 heavy (non-hydrogen) atoms. The molecule has 0 spiro atoms. The van der Waals surface area contributed by atoms with Gasteiger partial charge in [0, 0.05) is 6.54 Å². The number of nitrogens with two attached hydrogens (primary N) is 1. The standard InChI is InChI=1S/C10H14FN3O3S/c1-2-5-13-10(15)14-9-6-7(18(12,16)17)3-4-8(9)11/h3-4,6H,2,5H2,1H3,(H2,12,16,17)(H2,13,14,15). The molecule has 6 nitrogen and oxygen atoms in total. The Morgan fingerprint density at radius 1 is 1.44 bits per heavy atom. The van der Waals surface area contributed by atoms with Crippen molar-refractivity contribution in [3.63, 3.8) is 0 Å². The molecule has 1 rings (SSSR count). The van der Waals surface area contributed by atoms with Crippen molar-refractivity contribution < 1.29 is 17.6 Å². The molecule has 0 unspecified atom stereocenters. The molecule has 0 aliphatic rings. The Hall–Kier alpha value is -1.67. The summed E-state index contributed by atoms with van der Waals surface area (Å²) in [5.41, 5.74) is -0.241. The average Bonchev–Trinajstić information content (AvgIpc) is 2.28. The Balaban J connectivity index is 2.92. The summed E-state index contributed by atoms with van der Waals surface area (Å²) in [6.07, 6.45) is 0.729. The van der Waals surface area contributed by atoms with E-state index in [9.17, 15) is 17.6 Å². The van der Waals surface area contributed by atoms with Crippen LogP contribution in [0.25, 0.3) is 0 Å². The molecule has 0 fully saturated rings. The van der Waals surface area contributed by atoms with Gasteiger partial charge >= 0.3 is 6.03 Å². The first kappa shape index (κ1) is 14.4. The smallest absolute Gasteiger partial charge is 0.319 e. The Labute approximate surface area is 104 Å². The van der Waals surface area contributed by atoms with Crippen molar-refractivity contribution in [2.24, 2.45) is 5.14 Å². The number of anilines is 1. The fraction of sp³-hybridized carbons (Fsp3) is 0.300. The molecule has 4 N–H and O–H groups in total. The number of carbonyl (C=O) groups is 1. The van der Waals surface area contributed by atoms with Crippen molar-refractivity contribution >= 4 is 21.7 Å². The lowest BCUT2D eigenvalue weighted by Gasteiger charge is -2.08. The summed E-state index contributed by atoms with van der Waals surface area (Å²) < 4.78 is 35.5. The van der Waals surface area contributed by atoms with Gasteiger partial charge in [-0.2, -0.15) is 0 Å². The number of hydrogen-bond donors (Lipinski definition) is 3. The average molecular weight is 275 g/mol. The maximum atomic E-state index is 13.4. The second kappa shape index (κ2) is 5.78. The molecule has 0 atom stereocenters. The van der Waals surface area contributed by atoms with Crippen molar-refractivity contribution in [3.05, 3.63) is 24.0 Å². The minimum Gasteiger partial charge on any atom is -0.338 e. The number of sulfonamides is 1. The largest absolute Gasteiger partial charge is 0.338 e. The molecule has 0 aliphatic heterocycles. The molecule has 0 heterocycles. The van der Waals surface area contributed by atoms with Crippen LogP contribution in [0.3, 0.4) is 0 Å². The minimum atomic E-state index is -3.93. The number of carbonyl (C=O) groups excluding carboxylic acids is 1. The predicted octanol–water partition coefficient (Wildman–Crippen LogP) is 1.00. The third kappa shape index (κ3) is 3.97. The van der Waals surface area contributed by atoms with Gasteiger partial charge in [0.2, 0.25) is 10.0 Å². The molecule has 0 aromatic heterocycles. The summed E-state index contributed by atoms with van der Waals surface area (Å²) in [4.78, 5) is 11.0. The summed E-state index contributed by atoms with van der Waals surface area (Å²) >= 11 is 0. The Morgan fingerprint density at radius 2 is 2.11 bits per heavy atom. The number of urea groups is 1. The lowest BCUT2D eigenvalue weighted by atomic mass is 10.3. The number of hydrogen-bond acceptors (Lipinski definition) is 3. The number of amides is 2. The monoisotopic (exact) mass is 275 g/mol. The number of halogens is 1. The number of rotatable bonds is 4. The topological polar surface area (TPSA) is 101 Å². The van der Waals surface area contributed by atoms with Gasteiger partial charge in [-0.1, -0.05) is 6.92 Å². The van der Waals surface area contributed by atoms with Crippen LogP contribution in [0.15, 0.2) is 23.1 Å². The van der Waals surface area contributed by atoms with Crippen LogP contribution in [0.1, 0.15) is 13.3 Å². The van der Waals surface area contributed by atoms with E-state index in [2.05, 4.69) is 10.6 Å². The normalized spacial score (nSPS) is 11.1. The molecule has 1 aromatic carbocycles. The van der Waals surface area contributed by atoms with E-state index >= 15 is 0 Å². The third-order valence-corrected chi connectivity index (χ3v) is 2.96. The van der Waals surface area contributed by atoms with Gasteiger partial charge in [-0.15, -0.1) is 0 Å². The molecule has 0 saturated heterocycles. The van der Waals surface area contributed by atoms with E-state index in [1.807, 2.05) is 6.92 Å². The molecular weight excluding hydrogens is 261 g/mol. The van der Waals surface area contributed by atoms with Crippen LogP contribution in [0.4, 0.5) is 14.9 Å². The Bertz CT molecular complexity index is 545. The molecule has 2 amide bonds. The molecule has 0 bridgehead atoms. The minimum absolute atomic E-state index is 0.241. The summed E-state index contributed by atoms with van der Waals surface area (Å²) in [6.45, 7) is 2.30. The van der Waals surface area contributed by atoms with Crippen molar-refractivity contribution in [1.29, 1.82) is 0 Å². The summed E-state index contributed by atoms with van der Waals surface area (Å²) in [6, 6.07) is 2.31. The van der Waals surface area contributed by atoms with Crippen LogP contribution >= 0.6 is 0 Å². The molecular formula is C10H14FN3O3S. The van der Waals surface area contributed by atoms with E-state index in [0.29, 0.717) is 6.54 Å². The highest BCUT2D eigenvalue weighted by atomic mass is 32.2. The fourth-order valence-electron chi connectivity index (χ4n) is 1.18. The lowest BCUT2D eigenvalue weighted by molar-refractivity contribution is 0.252. The molecule has 1 aromatic rings. The number of primary sulfonamides is 1. The predicted molar refractivity (Wildman–Crippen MR) is 65.1 cm³/mol. The van der Waals surface area contributed by atoms with Gasteiger partial charge in [0.05, 0.1) is 10.6 Å². The van der Waals surface area contributed by atoms with Gasteiger partial charge in [0.25, 0.3) is 0 Å². The van der Waals surface area contributed by atoms with E-state index in [4.69, 9.17) is 5.14 Å². The summed E-state index contributed by atoms with van der Waals surface area (Å²) in [5.74, 6) is -0.742. The zero-order valence-corrected chi connectivity index (χ0v) is 10.6. The van der Waals surface area contributed by atoms with Crippen LogP contribution in [0.5, 0.6) is 0 Å². The van der Waals surface area contributed by atoms with Gasteiger partial charge in [-0.3, -0.25) is 0 Å². The maximum Gasteiger partial charge on any atom is 0.319 e. The van der Waals surface area contributed by atoms with Gasteiger partial charge in [0.15, 0.2) is 0 Å². The first-order valence-corrected chi connectivity index (χ1v) is 6.76.